The molecule has 3 unspecified atom stereocenters. The van der Waals surface area contributed by atoms with Gasteiger partial charge in [0.15, 0.2) is 11.5 Å². The lowest BCUT2D eigenvalue weighted by Gasteiger charge is -2.31. The van der Waals surface area contributed by atoms with Crippen LogP contribution in [0.4, 0.5) is 11.8 Å². The molecule has 3 atom stereocenters. The van der Waals surface area contributed by atoms with Crippen LogP contribution in [0.25, 0.3) is 16.6 Å². The van der Waals surface area contributed by atoms with E-state index in [0.29, 0.717) is 22.8 Å². The predicted octanol–water partition coefficient (Wildman–Crippen LogP) is 4.02. The van der Waals surface area contributed by atoms with E-state index < -0.39 is 11.5 Å². The Balaban J connectivity index is 1.58. The van der Waals surface area contributed by atoms with E-state index in [1.54, 1.807) is 0 Å². The van der Waals surface area contributed by atoms with Gasteiger partial charge in [0.1, 0.15) is 22.1 Å². The second-order valence-corrected chi connectivity index (χ2v) is 10.4. The number of ether oxygens (including phenoxy) is 2. The van der Waals surface area contributed by atoms with Crippen LogP contribution in [0, 0.1) is 5.92 Å². The highest BCUT2D eigenvalue weighted by Gasteiger charge is 2.60. The van der Waals surface area contributed by atoms with Crippen molar-refractivity contribution >= 4 is 52.4 Å². The molecule has 0 amide bonds. The van der Waals surface area contributed by atoms with Crippen molar-refractivity contribution in [3.8, 4) is 10.6 Å². The number of allylic oxidation sites excluding steroid dienone is 1. The van der Waals surface area contributed by atoms with E-state index >= 15 is 0 Å². The van der Waals surface area contributed by atoms with Crippen molar-refractivity contribution < 1.29 is 14.6 Å². The summed E-state index contributed by atoms with van der Waals surface area (Å²) in [5.74, 6) is -0.380. The summed E-state index contributed by atoms with van der Waals surface area (Å²) in [5.41, 5.74) is 6.61. The number of nitrogen functional groups attached to an aromatic ring is 1. The van der Waals surface area contributed by atoms with Gasteiger partial charge in [-0.3, -0.25) is 0 Å². The summed E-state index contributed by atoms with van der Waals surface area (Å²) in [6.07, 6.45) is 4.52. The van der Waals surface area contributed by atoms with Gasteiger partial charge in [0, 0.05) is 17.6 Å². The van der Waals surface area contributed by atoms with Gasteiger partial charge in [0.05, 0.1) is 16.1 Å². The number of aromatic nitrogens is 3. The Morgan fingerprint density at radius 1 is 1.29 bits per heavy atom. The number of aliphatic hydroxyl groups is 1. The van der Waals surface area contributed by atoms with Crippen molar-refractivity contribution in [3.05, 3.63) is 20.8 Å². The highest BCUT2D eigenvalue weighted by Crippen LogP contribution is 2.50. The van der Waals surface area contributed by atoms with E-state index in [4.69, 9.17) is 43.4 Å². The number of nitrogens with zero attached hydrogens (tertiary/aromatic N) is 3. The van der Waals surface area contributed by atoms with Crippen LogP contribution in [0.1, 0.15) is 43.7 Å². The number of nitrogens with two attached hydrogens (primary N) is 1. The van der Waals surface area contributed by atoms with Gasteiger partial charge in [-0.05, 0) is 45.6 Å². The number of thiazole rings is 1. The number of fused-ring (bicyclic) bond motifs is 2. The average molecular weight is 484 g/mol. The molecule has 31 heavy (non-hydrogen) atoms. The summed E-state index contributed by atoms with van der Waals surface area (Å²) in [7, 11) is 0. The van der Waals surface area contributed by atoms with E-state index in [0.717, 1.165) is 34.9 Å². The lowest BCUT2D eigenvalue weighted by Crippen LogP contribution is -2.46. The monoisotopic (exact) mass is 483 g/mol. The van der Waals surface area contributed by atoms with Gasteiger partial charge in [-0.15, -0.1) is 11.3 Å². The summed E-state index contributed by atoms with van der Waals surface area (Å²) in [6, 6.07) is 0. The average Bonchev–Trinajstić information content (AvgIpc) is 3.29. The molecule has 0 spiro atoms. The number of hydrogen-bond donors (Lipinski definition) is 3. The molecule has 8 nitrogen and oxygen atoms in total. The summed E-state index contributed by atoms with van der Waals surface area (Å²) in [5, 5.41) is 15.0. The second kappa shape index (κ2) is 7.54. The lowest BCUT2D eigenvalue weighted by atomic mass is 10.0. The highest BCUT2D eigenvalue weighted by atomic mass is 35.5. The van der Waals surface area contributed by atoms with Crippen LogP contribution in [0.15, 0.2) is 5.03 Å². The Hall–Kier alpha value is -1.49. The molecule has 2 aliphatic carbocycles. The van der Waals surface area contributed by atoms with Gasteiger partial charge in [0.25, 0.3) is 0 Å². The molecule has 3 heterocycles. The Bertz CT molecular complexity index is 1080. The highest BCUT2D eigenvalue weighted by molar-refractivity contribution is 7.16. The minimum atomic E-state index is -0.865. The molecule has 4 N–H and O–H groups in total. The Labute approximate surface area is 193 Å². The number of nitrogens with one attached hydrogen (secondary N) is 1. The van der Waals surface area contributed by atoms with Gasteiger partial charge in [-0.1, -0.05) is 23.2 Å². The zero-order chi connectivity index (χ0) is 22.0. The second-order valence-electron chi connectivity index (χ2n) is 8.55. The third-order valence-electron chi connectivity index (χ3n) is 5.89. The molecule has 2 aromatic rings. The quantitative estimate of drug-likeness (QED) is 0.558. The van der Waals surface area contributed by atoms with Crippen LogP contribution in [0.5, 0.6) is 0 Å². The van der Waals surface area contributed by atoms with Gasteiger partial charge in [0.2, 0.25) is 5.95 Å². The number of anilines is 2. The Morgan fingerprint density at radius 3 is 2.87 bits per heavy atom. The van der Waals surface area contributed by atoms with Crippen LogP contribution in [-0.4, -0.2) is 44.3 Å². The molecule has 3 aliphatic rings. The Morgan fingerprint density at radius 2 is 2.10 bits per heavy atom. The number of rotatable bonds is 4. The minimum Gasteiger partial charge on any atom is -0.396 e. The van der Waals surface area contributed by atoms with Crippen molar-refractivity contribution in [2.75, 3.05) is 17.7 Å². The molecular formula is C20H23Cl2N5O3S. The topological polar surface area (TPSA) is 115 Å². The third kappa shape index (κ3) is 3.71. The first-order valence-corrected chi connectivity index (χ1v) is 11.7. The number of aryl methyl sites for hydroxylation is 1. The zero-order valence-electron chi connectivity index (χ0n) is 17.1. The van der Waals surface area contributed by atoms with Crippen LogP contribution in [0.3, 0.4) is 0 Å². The first-order chi connectivity index (χ1) is 14.7. The maximum Gasteiger partial charge on any atom is 0.223 e. The molecule has 5 rings (SSSR count). The molecule has 1 aliphatic heterocycles. The van der Waals surface area contributed by atoms with Crippen LogP contribution < -0.4 is 11.1 Å². The van der Waals surface area contributed by atoms with Gasteiger partial charge in [-0.25, -0.2) is 9.97 Å². The summed E-state index contributed by atoms with van der Waals surface area (Å²) < 4.78 is 12.5. The fourth-order valence-electron chi connectivity index (χ4n) is 4.63. The van der Waals surface area contributed by atoms with Crippen molar-refractivity contribution in [1.29, 1.82) is 0 Å². The maximum atomic E-state index is 9.84. The third-order valence-corrected chi connectivity index (χ3v) is 7.52. The van der Waals surface area contributed by atoms with Crippen molar-refractivity contribution in [3.63, 3.8) is 0 Å². The molecule has 2 aromatic heterocycles. The van der Waals surface area contributed by atoms with E-state index in [1.807, 2.05) is 19.9 Å². The maximum absolute atomic E-state index is 9.84. The molecule has 1 saturated carbocycles. The molecule has 11 heteroatoms. The van der Waals surface area contributed by atoms with E-state index in [1.165, 1.54) is 11.3 Å². The molecule has 166 valence electrons. The minimum absolute atomic E-state index is 0.0133. The normalized spacial score (nSPS) is 28.9. The van der Waals surface area contributed by atoms with Crippen LogP contribution >= 0.6 is 34.5 Å². The van der Waals surface area contributed by atoms with E-state index in [-0.39, 0.29) is 29.7 Å². The lowest BCUT2D eigenvalue weighted by molar-refractivity contribution is -0.168. The fourth-order valence-corrected chi connectivity index (χ4v) is 6.35. The zero-order valence-corrected chi connectivity index (χ0v) is 19.4. The molecule has 0 aromatic carbocycles. The molecule has 1 saturated heterocycles. The number of aliphatic hydroxyl groups excluding tert-OH is 1. The van der Waals surface area contributed by atoms with Crippen LogP contribution in [0.2, 0.25) is 5.15 Å². The summed E-state index contributed by atoms with van der Waals surface area (Å²) >= 11 is 14.2. The van der Waals surface area contributed by atoms with E-state index in [2.05, 4.69) is 15.3 Å². The number of halogens is 2. The van der Waals surface area contributed by atoms with Gasteiger partial charge >= 0.3 is 0 Å². The standard InChI is InChI=1S/C20H23Cl2N5O3S/c1-19(2)29-14-9(8-28)5-6-20(14,30-19)27-16-13(15(22)25-18(23)26-16)17-24-11-4-3-10(21)7-12(11)31-17/h7,9,14,28H,3-6,8H2,1-2H3,(H3,23,25,26,27). The Kier molecular flexibility index (Phi) is 5.19. The smallest absolute Gasteiger partial charge is 0.223 e. The fraction of sp³-hybridized carbons (Fsp3) is 0.550. The van der Waals surface area contributed by atoms with Crippen molar-refractivity contribution in [1.82, 2.24) is 15.0 Å². The van der Waals surface area contributed by atoms with Gasteiger partial charge in [-0.2, -0.15) is 4.98 Å². The first-order valence-electron chi connectivity index (χ1n) is 10.2. The summed E-state index contributed by atoms with van der Waals surface area (Å²) in [6.45, 7) is 3.73. The van der Waals surface area contributed by atoms with Gasteiger partial charge < -0.3 is 25.6 Å². The molecule has 2 fully saturated rings. The largest absolute Gasteiger partial charge is 0.396 e. The van der Waals surface area contributed by atoms with E-state index in [9.17, 15) is 5.11 Å². The SMILES string of the molecule is CC1(C)OC2C(CO)CCC2(Nc2nc(N)nc(Cl)c2-c2nc3c(s2)C=C(Cl)CC3)O1. The van der Waals surface area contributed by atoms with Crippen LogP contribution in [-0.2, 0) is 15.9 Å². The van der Waals surface area contributed by atoms with Crippen molar-refractivity contribution in [2.24, 2.45) is 5.92 Å². The first kappa shape index (κ1) is 21.4. The summed E-state index contributed by atoms with van der Waals surface area (Å²) in [4.78, 5) is 14.4. The van der Waals surface area contributed by atoms with Crippen molar-refractivity contribution in [2.45, 2.75) is 57.1 Å². The molecule has 0 bridgehead atoms. The number of hydrogen-bond acceptors (Lipinski definition) is 9. The molecule has 0 radical (unpaired) electrons. The molecular weight excluding hydrogens is 461 g/mol. The predicted molar refractivity (Wildman–Crippen MR) is 121 cm³/mol.